The third kappa shape index (κ3) is 3.31. The third-order valence-corrected chi connectivity index (χ3v) is 2.73. The fourth-order valence-electron chi connectivity index (χ4n) is 1.19. The molecule has 1 amide bonds. The molecule has 0 atom stereocenters. The Morgan fingerprint density at radius 3 is 2.81 bits per heavy atom. The fraction of sp³-hybridized carbons (Fsp3) is 0.200. The highest BCUT2D eigenvalue weighted by atomic mass is 127. The van der Waals surface area contributed by atoms with Gasteiger partial charge >= 0.3 is 0 Å². The number of carbonyl (C=O) groups excluding carboxylic acids is 1. The summed E-state index contributed by atoms with van der Waals surface area (Å²) in [6.07, 6.45) is 0. The number of phenolic OH excluding ortho intramolecular Hbond substituents is 1. The molecular weight excluding hydrogens is 339 g/mol. The summed E-state index contributed by atoms with van der Waals surface area (Å²) in [5.74, 6) is -0.343. The summed E-state index contributed by atoms with van der Waals surface area (Å²) in [5, 5.41) is 9.57. The van der Waals surface area contributed by atoms with E-state index in [4.69, 9.17) is 18.0 Å². The Kier molecular flexibility index (Phi) is 4.48. The number of benzene rings is 1. The van der Waals surface area contributed by atoms with E-state index >= 15 is 0 Å². The van der Waals surface area contributed by atoms with Crippen molar-refractivity contribution in [3.63, 3.8) is 0 Å². The highest BCUT2D eigenvalue weighted by molar-refractivity contribution is 14.1. The van der Waals surface area contributed by atoms with Crippen LogP contribution in [0.1, 0.15) is 10.4 Å². The van der Waals surface area contributed by atoms with Crippen molar-refractivity contribution in [2.45, 2.75) is 0 Å². The van der Waals surface area contributed by atoms with Gasteiger partial charge in [-0.15, -0.1) is 0 Å². The first-order chi connectivity index (χ1) is 7.41. The number of carbonyl (C=O) groups is 1. The van der Waals surface area contributed by atoms with Gasteiger partial charge in [-0.1, -0.05) is 12.2 Å². The lowest BCUT2D eigenvalue weighted by Gasteiger charge is -2.16. The normalized spacial score (nSPS) is 9.88. The van der Waals surface area contributed by atoms with E-state index < -0.39 is 0 Å². The van der Waals surface area contributed by atoms with Crippen LogP contribution >= 0.6 is 34.8 Å². The van der Waals surface area contributed by atoms with Gasteiger partial charge in [-0.3, -0.25) is 4.79 Å². The number of nitrogens with two attached hydrogens (primary N) is 1. The Bertz CT molecular complexity index is 437. The molecule has 0 aliphatic rings. The van der Waals surface area contributed by atoms with E-state index in [-0.39, 0.29) is 28.8 Å². The highest BCUT2D eigenvalue weighted by Gasteiger charge is 2.16. The number of halogens is 1. The molecule has 16 heavy (non-hydrogen) atoms. The molecule has 6 heteroatoms. The maximum atomic E-state index is 11.9. The summed E-state index contributed by atoms with van der Waals surface area (Å²) in [7, 11) is 1.58. The van der Waals surface area contributed by atoms with Gasteiger partial charge in [0.1, 0.15) is 5.75 Å². The number of likely N-dealkylation sites (N-methyl/N-ethyl adjacent to an activating group) is 1. The molecule has 0 saturated heterocycles. The maximum Gasteiger partial charge on any atom is 0.257 e. The van der Waals surface area contributed by atoms with E-state index in [1.54, 1.807) is 19.2 Å². The van der Waals surface area contributed by atoms with E-state index in [1.807, 2.05) is 0 Å². The molecule has 0 aliphatic heterocycles. The SMILES string of the molecule is CN(CC(N)=S)C(=O)c1cc(I)ccc1O. The summed E-state index contributed by atoms with van der Waals surface area (Å²) >= 11 is 6.79. The van der Waals surface area contributed by atoms with E-state index in [0.717, 1.165) is 3.57 Å². The van der Waals surface area contributed by atoms with Gasteiger partial charge in [-0.25, -0.2) is 0 Å². The molecule has 0 bridgehead atoms. The molecule has 0 aromatic heterocycles. The van der Waals surface area contributed by atoms with Crippen LogP contribution in [0.5, 0.6) is 5.75 Å². The van der Waals surface area contributed by atoms with Gasteiger partial charge in [0.2, 0.25) is 0 Å². The predicted molar refractivity (Wildman–Crippen MR) is 74.6 cm³/mol. The summed E-state index contributed by atoms with van der Waals surface area (Å²) in [4.78, 5) is 13.5. The summed E-state index contributed by atoms with van der Waals surface area (Å²) in [6, 6.07) is 4.83. The van der Waals surface area contributed by atoms with Crippen LogP contribution in [0, 0.1) is 3.57 Å². The Morgan fingerprint density at radius 2 is 2.25 bits per heavy atom. The number of aromatic hydroxyl groups is 1. The molecule has 0 heterocycles. The average Bonchev–Trinajstić information content (AvgIpc) is 2.19. The lowest BCUT2D eigenvalue weighted by molar-refractivity contribution is 0.0812. The quantitative estimate of drug-likeness (QED) is 0.638. The van der Waals surface area contributed by atoms with E-state index in [9.17, 15) is 9.90 Å². The average molecular weight is 350 g/mol. The topological polar surface area (TPSA) is 66.6 Å². The number of thiocarbonyl (C=S) groups is 1. The molecular formula is C10H11IN2O2S. The summed E-state index contributed by atoms with van der Waals surface area (Å²) < 4.78 is 0.877. The second kappa shape index (κ2) is 5.44. The van der Waals surface area contributed by atoms with Gasteiger partial charge in [0.05, 0.1) is 17.1 Å². The Hall–Kier alpha value is -0.890. The fourth-order valence-corrected chi connectivity index (χ4v) is 1.88. The van der Waals surface area contributed by atoms with Crippen molar-refractivity contribution in [2.75, 3.05) is 13.6 Å². The minimum absolute atomic E-state index is 0.0415. The standard InChI is InChI=1S/C10H11IN2O2S/c1-13(5-9(12)16)10(15)7-4-6(11)2-3-8(7)14/h2-4,14H,5H2,1H3,(H2,12,16). The monoisotopic (exact) mass is 350 g/mol. The Morgan fingerprint density at radius 1 is 1.62 bits per heavy atom. The summed E-state index contributed by atoms with van der Waals surface area (Å²) in [6.45, 7) is 0.194. The van der Waals surface area contributed by atoms with E-state index in [1.165, 1.54) is 11.0 Å². The molecule has 0 fully saturated rings. The zero-order valence-electron chi connectivity index (χ0n) is 8.61. The summed E-state index contributed by atoms with van der Waals surface area (Å²) in [5.41, 5.74) is 5.61. The molecule has 0 unspecified atom stereocenters. The minimum atomic E-state index is -0.302. The van der Waals surface area contributed by atoms with Crippen molar-refractivity contribution in [3.05, 3.63) is 27.3 Å². The largest absolute Gasteiger partial charge is 0.507 e. The van der Waals surface area contributed by atoms with Crippen molar-refractivity contribution in [3.8, 4) is 5.75 Å². The number of hydrogen-bond donors (Lipinski definition) is 2. The number of rotatable bonds is 3. The molecule has 86 valence electrons. The predicted octanol–water partition coefficient (Wildman–Crippen LogP) is 1.35. The van der Waals surface area contributed by atoms with Gasteiger partial charge in [0, 0.05) is 10.6 Å². The minimum Gasteiger partial charge on any atom is -0.507 e. The molecule has 1 aromatic rings. The van der Waals surface area contributed by atoms with Gasteiger partial charge < -0.3 is 15.7 Å². The molecule has 3 N–H and O–H groups in total. The van der Waals surface area contributed by atoms with E-state index in [0.29, 0.717) is 0 Å². The van der Waals surface area contributed by atoms with Crippen molar-refractivity contribution in [2.24, 2.45) is 5.73 Å². The van der Waals surface area contributed by atoms with Crippen LogP contribution in [0.3, 0.4) is 0 Å². The second-order valence-corrected chi connectivity index (χ2v) is 5.06. The van der Waals surface area contributed by atoms with Crippen molar-refractivity contribution < 1.29 is 9.90 Å². The van der Waals surface area contributed by atoms with Crippen LogP contribution in [-0.2, 0) is 0 Å². The lowest BCUT2D eigenvalue weighted by atomic mass is 10.2. The molecule has 1 rings (SSSR count). The Labute approximate surface area is 113 Å². The van der Waals surface area contributed by atoms with Gasteiger partial charge in [-0.2, -0.15) is 0 Å². The zero-order valence-corrected chi connectivity index (χ0v) is 11.6. The molecule has 0 aliphatic carbocycles. The van der Waals surface area contributed by atoms with Crippen LogP contribution in [0.15, 0.2) is 18.2 Å². The van der Waals surface area contributed by atoms with Crippen LogP contribution in [0.2, 0.25) is 0 Å². The molecule has 0 radical (unpaired) electrons. The second-order valence-electron chi connectivity index (χ2n) is 3.29. The van der Waals surface area contributed by atoms with Crippen LogP contribution in [-0.4, -0.2) is 34.5 Å². The zero-order chi connectivity index (χ0) is 12.3. The van der Waals surface area contributed by atoms with Gasteiger partial charge in [0.15, 0.2) is 0 Å². The van der Waals surface area contributed by atoms with E-state index in [2.05, 4.69) is 22.6 Å². The van der Waals surface area contributed by atoms with Crippen LogP contribution in [0.25, 0.3) is 0 Å². The highest BCUT2D eigenvalue weighted by Crippen LogP contribution is 2.20. The van der Waals surface area contributed by atoms with Gasteiger partial charge in [0.25, 0.3) is 5.91 Å². The smallest absolute Gasteiger partial charge is 0.257 e. The molecule has 4 nitrogen and oxygen atoms in total. The third-order valence-electron chi connectivity index (χ3n) is 1.93. The number of amides is 1. The first-order valence-corrected chi connectivity index (χ1v) is 5.93. The lowest BCUT2D eigenvalue weighted by Crippen LogP contribution is -2.34. The molecule has 0 spiro atoms. The first-order valence-electron chi connectivity index (χ1n) is 4.44. The van der Waals surface area contributed by atoms with Crippen molar-refractivity contribution >= 4 is 45.7 Å². The number of hydrogen-bond acceptors (Lipinski definition) is 3. The molecule has 1 aromatic carbocycles. The van der Waals surface area contributed by atoms with Crippen LogP contribution < -0.4 is 5.73 Å². The van der Waals surface area contributed by atoms with Gasteiger partial charge in [-0.05, 0) is 40.8 Å². The maximum absolute atomic E-state index is 11.9. The number of nitrogens with zero attached hydrogens (tertiary/aromatic N) is 1. The van der Waals surface area contributed by atoms with Crippen LogP contribution in [0.4, 0.5) is 0 Å². The molecule has 0 saturated carbocycles. The first kappa shape index (κ1) is 13.2. The number of phenols is 1. The Balaban J connectivity index is 2.95. The van der Waals surface area contributed by atoms with Crippen molar-refractivity contribution in [1.29, 1.82) is 0 Å². The van der Waals surface area contributed by atoms with Crippen molar-refractivity contribution in [1.82, 2.24) is 4.90 Å².